The molecule has 60 valence electrons. The first kappa shape index (κ1) is 9.76. The molecule has 0 aliphatic heterocycles. The van der Waals surface area contributed by atoms with Gasteiger partial charge in [-0.3, -0.25) is 0 Å². The molecule has 0 saturated heterocycles. The highest BCUT2D eigenvalue weighted by Crippen LogP contribution is 1.85. The largest absolute Gasteiger partial charge is 0.390 e. The standard InChI is InChI=1S/C9H14N2/c1-3-4-5-6-7-9(8-10)11-2/h4-7,11H,1,8,10H2,2H3/b6-5-,9-7+. The minimum absolute atomic E-state index is 0.526. The van der Waals surface area contributed by atoms with Crippen molar-refractivity contribution in [2.75, 3.05) is 13.6 Å². The van der Waals surface area contributed by atoms with Gasteiger partial charge in [-0.2, -0.15) is 0 Å². The van der Waals surface area contributed by atoms with E-state index in [1.165, 1.54) is 0 Å². The predicted octanol–water partition coefficient (Wildman–Crippen LogP) is 0.946. The predicted molar refractivity (Wildman–Crippen MR) is 49.0 cm³/mol. The van der Waals surface area contributed by atoms with E-state index in [4.69, 9.17) is 5.73 Å². The van der Waals surface area contributed by atoms with Crippen LogP contribution < -0.4 is 11.1 Å². The summed E-state index contributed by atoms with van der Waals surface area (Å²) < 4.78 is 0. The Balaban J connectivity index is 3.96. The molecule has 0 aromatic heterocycles. The first-order valence-electron chi connectivity index (χ1n) is 3.44. The molecule has 0 unspecified atom stereocenters. The molecule has 0 aromatic carbocycles. The highest BCUT2D eigenvalue weighted by molar-refractivity contribution is 5.15. The molecule has 11 heavy (non-hydrogen) atoms. The lowest BCUT2D eigenvalue weighted by Crippen LogP contribution is -2.15. The second-order valence-electron chi connectivity index (χ2n) is 1.90. The van der Waals surface area contributed by atoms with E-state index in [1.807, 2.05) is 25.3 Å². The molecule has 0 bridgehead atoms. The van der Waals surface area contributed by atoms with Gasteiger partial charge in [-0.25, -0.2) is 0 Å². The van der Waals surface area contributed by atoms with Gasteiger partial charge in [0.2, 0.25) is 0 Å². The third kappa shape index (κ3) is 5.22. The summed E-state index contributed by atoms with van der Waals surface area (Å²) in [5, 5.41) is 2.96. The number of hydrogen-bond donors (Lipinski definition) is 2. The fourth-order valence-electron chi connectivity index (χ4n) is 0.549. The summed E-state index contributed by atoms with van der Waals surface area (Å²) >= 11 is 0. The summed E-state index contributed by atoms with van der Waals surface area (Å²) in [6.45, 7) is 3.95. The van der Waals surface area contributed by atoms with Gasteiger partial charge in [0.15, 0.2) is 0 Å². The van der Waals surface area contributed by atoms with Crippen LogP contribution in [0.4, 0.5) is 0 Å². The van der Waals surface area contributed by atoms with Crippen molar-refractivity contribution in [3.63, 3.8) is 0 Å². The van der Waals surface area contributed by atoms with Crippen molar-refractivity contribution < 1.29 is 0 Å². The van der Waals surface area contributed by atoms with Crippen molar-refractivity contribution in [3.8, 4) is 0 Å². The summed E-state index contributed by atoms with van der Waals surface area (Å²) in [4.78, 5) is 0. The summed E-state index contributed by atoms with van der Waals surface area (Å²) in [5.74, 6) is 0. The highest BCUT2D eigenvalue weighted by Gasteiger charge is 1.82. The third-order valence-corrected chi connectivity index (χ3v) is 1.16. The molecule has 2 heteroatoms. The summed E-state index contributed by atoms with van der Waals surface area (Å²) in [5.41, 5.74) is 9.03. The van der Waals surface area contributed by atoms with Crippen LogP contribution in [0.15, 0.2) is 42.3 Å². The normalized spacial score (nSPS) is 11.3. The zero-order valence-corrected chi connectivity index (χ0v) is 6.80. The molecule has 0 amide bonds. The number of rotatable bonds is 4. The maximum atomic E-state index is 5.40. The van der Waals surface area contributed by atoms with Crippen molar-refractivity contribution in [2.45, 2.75) is 0 Å². The minimum atomic E-state index is 0.526. The van der Waals surface area contributed by atoms with Gasteiger partial charge in [-0.15, -0.1) is 5.73 Å². The molecule has 0 aliphatic carbocycles. The Morgan fingerprint density at radius 1 is 1.64 bits per heavy atom. The van der Waals surface area contributed by atoms with E-state index in [2.05, 4.69) is 17.6 Å². The molecule has 0 spiro atoms. The number of nitrogens with two attached hydrogens (primary N) is 1. The number of allylic oxidation sites excluding steroid dienone is 4. The van der Waals surface area contributed by atoms with Gasteiger partial charge >= 0.3 is 0 Å². The van der Waals surface area contributed by atoms with Crippen molar-refractivity contribution in [3.05, 3.63) is 42.3 Å². The van der Waals surface area contributed by atoms with Gasteiger partial charge < -0.3 is 11.1 Å². The van der Waals surface area contributed by atoms with E-state index in [-0.39, 0.29) is 0 Å². The van der Waals surface area contributed by atoms with Gasteiger partial charge in [0, 0.05) is 19.3 Å². The molecule has 0 heterocycles. The molecular formula is C9H14N2. The van der Waals surface area contributed by atoms with Gasteiger partial charge in [-0.05, 0) is 12.2 Å². The van der Waals surface area contributed by atoms with Crippen molar-refractivity contribution in [2.24, 2.45) is 5.73 Å². The smallest absolute Gasteiger partial charge is 0.0328 e. The first-order valence-corrected chi connectivity index (χ1v) is 3.44. The van der Waals surface area contributed by atoms with Crippen molar-refractivity contribution in [1.82, 2.24) is 5.32 Å². The molecule has 0 rings (SSSR count). The number of likely N-dealkylation sites (N-methyl/N-ethyl adjacent to an activating group) is 1. The van der Waals surface area contributed by atoms with Crippen molar-refractivity contribution >= 4 is 0 Å². The summed E-state index contributed by atoms with van der Waals surface area (Å²) in [6.07, 6.45) is 7.38. The van der Waals surface area contributed by atoms with E-state index in [0.29, 0.717) is 6.54 Å². The second-order valence-corrected chi connectivity index (χ2v) is 1.90. The molecule has 0 fully saturated rings. The topological polar surface area (TPSA) is 38.0 Å². The van der Waals surface area contributed by atoms with Gasteiger partial charge in [-0.1, -0.05) is 18.7 Å². The average Bonchev–Trinajstić information content (AvgIpc) is 2.05. The average molecular weight is 150 g/mol. The first-order chi connectivity index (χ1) is 5.35. The van der Waals surface area contributed by atoms with Gasteiger partial charge in [0.05, 0.1) is 0 Å². The molecule has 0 atom stereocenters. The van der Waals surface area contributed by atoms with Gasteiger partial charge in [0.25, 0.3) is 0 Å². The van der Waals surface area contributed by atoms with E-state index in [0.717, 1.165) is 5.70 Å². The molecule has 0 saturated carbocycles. The Kier molecular flexibility index (Phi) is 6.10. The summed E-state index contributed by atoms with van der Waals surface area (Å²) in [6, 6.07) is 0. The van der Waals surface area contributed by atoms with Crippen LogP contribution in [-0.2, 0) is 0 Å². The van der Waals surface area contributed by atoms with E-state index < -0.39 is 0 Å². The highest BCUT2D eigenvalue weighted by atomic mass is 14.9. The Morgan fingerprint density at radius 2 is 2.36 bits per heavy atom. The lowest BCUT2D eigenvalue weighted by Gasteiger charge is -1.98. The summed E-state index contributed by atoms with van der Waals surface area (Å²) in [7, 11) is 1.84. The van der Waals surface area contributed by atoms with Gasteiger partial charge in [0.1, 0.15) is 0 Å². The molecule has 3 N–H and O–H groups in total. The Hall–Kier alpha value is -1.24. The van der Waals surface area contributed by atoms with Crippen LogP contribution in [0, 0.1) is 0 Å². The SMILES string of the molecule is C=C=C/C=C\C=C(/CN)NC. The monoisotopic (exact) mass is 150 g/mol. The molecule has 0 radical (unpaired) electrons. The van der Waals surface area contributed by atoms with Crippen LogP contribution >= 0.6 is 0 Å². The van der Waals surface area contributed by atoms with E-state index in [9.17, 15) is 0 Å². The van der Waals surface area contributed by atoms with E-state index in [1.54, 1.807) is 6.08 Å². The molecule has 2 nitrogen and oxygen atoms in total. The quantitative estimate of drug-likeness (QED) is 0.462. The molecular weight excluding hydrogens is 136 g/mol. The maximum absolute atomic E-state index is 5.40. The minimum Gasteiger partial charge on any atom is -0.390 e. The van der Waals surface area contributed by atoms with E-state index >= 15 is 0 Å². The van der Waals surface area contributed by atoms with Crippen LogP contribution in [0.3, 0.4) is 0 Å². The Labute approximate surface area is 67.8 Å². The molecule has 0 aromatic rings. The number of nitrogens with one attached hydrogen (secondary N) is 1. The van der Waals surface area contributed by atoms with Crippen LogP contribution in [0.25, 0.3) is 0 Å². The fraction of sp³-hybridized carbons (Fsp3) is 0.222. The lowest BCUT2D eigenvalue weighted by atomic mass is 10.3. The maximum Gasteiger partial charge on any atom is 0.0328 e. The lowest BCUT2D eigenvalue weighted by molar-refractivity contribution is 0.927. The van der Waals surface area contributed by atoms with Crippen LogP contribution in [0.2, 0.25) is 0 Å². The zero-order chi connectivity index (χ0) is 8.53. The van der Waals surface area contributed by atoms with Crippen LogP contribution in [-0.4, -0.2) is 13.6 Å². The molecule has 0 aliphatic rings. The third-order valence-electron chi connectivity index (χ3n) is 1.16. The van der Waals surface area contributed by atoms with Crippen LogP contribution in [0.1, 0.15) is 0 Å². The second kappa shape index (κ2) is 6.87. The van der Waals surface area contributed by atoms with Crippen molar-refractivity contribution in [1.29, 1.82) is 0 Å². The fourth-order valence-corrected chi connectivity index (χ4v) is 0.549. The number of hydrogen-bond acceptors (Lipinski definition) is 2. The zero-order valence-electron chi connectivity index (χ0n) is 6.80. The Bertz CT molecular complexity index is 190. The Morgan fingerprint density at radius 3 is 2.82 bits per heavy atom. The van der Waals surface area contributed by atoms with Crippen LogP contribution in [0.5, 0.6) is 0 Å².